The van der Waals surface area contributed by atoms with E-state index >= 15 is 0 Å². The van der Waals surface area contributed by atoms with Gasteiger partial charge in [-0.3, -0.25) is 9.69 Å². The number of benzene rings is 1. The molecule has 0 bridgehead atoms. The Morgan fingerprint density at radius 2 is 2.04 bits per heavy atom. The summed E-state index contributed by atoms with van der Waals surface area (Å²) in [6.07, 6.45) is 9.27. The molecule has 1 aliphatic carbocycles. The molecule has 3 rings (SSSR count). The summed E-state index contributed by atoms with van der Waals surface area (Å²) in [5.41, 5.74) is 0.897. The first-order valence-electron chi connectivity index (χ1n) is 9.41. The van der Waals surface area contributed by atoms with Crippen LogP contribution < -0.4 is 9.47 Å². The number of carbonyl (C=O) groups is 1. The van der Waals surface area contributed by atoms with Gasteiger partial charge in [0.05, 0.1) is 11.5 Å². The molecule has 27 heavy (non-hydrogen) atoms. The number of thioether (sulfide) groups is 1. The van der Waals surface area contributed by atoms with Crippen molar-refractivity contribution in [3.63, 3.8) is 0 Å². The first-order valence-corrected chi connectivity index (χ1v) is 10.6. The van der Waals surface area contributed by atoms with Crippen LogP contribution in [0, 0.1) is 0 Å². The van der Waals surface area contributed by atoms with Crippen LogP contribution in [0.5, 0.6) is 11.5 Å². The van der Waals surface area contributed by atoms with E-state index in [9.17, 15) is 4.79 Å². The van der Waals surface area contributed by atoms with Gasteiger partial charge in [0.15, 0.2) is 11.5 Å². The lowest BCUT2D eigenvalue weighted by atomic mass is 9.94. The van der Waals surface area contributed by atoms with Gasteiger partial charge in [0.25, 0.3) is 5.91 Å². The Morgan fingerprint density at radius 1 is 1.26 bits per heavy atom. The van der Waals surface area contributed by atoms with E-state index in [0.717, 1.165) is 18.4 Å². The molecule has 0 atom stereocenters. The van der Waals surface area contributed by atoms with Crippen molar-refractivity contribution in [1.82, 2.24) is 4.90 Å². The minimum Gasteiger partial charge on any atom is -0.490 e. The molecule has 144 valence electrons. The van der Waals surface area contributed by atoms with Crippen molar-refractivity contribution in [1.29, 1.82) is 0 Å². The van der Waals surface area contributed by atoms with Crippen molar-refractivity contribution in [2.24, 2.45) is 0 Å². The lowest BCUT2D eigenvalue weighted by Crippen LogP contribution is -2.39. The van der Waals surface area contributed by atoms with Crippen LogP contribution in [-0.4, -0.2) is 34.4 Å². The maximum Gasteiger partial charge on any atom is 0.266 e. The van der Waals surface area contributed by atoms with E-state index in [2.05, 4.69) is 6.58 Å². The van der Waals surface area contributed by atoms with E-state index in [0.29, 0.717) is 33.9 Å². The zero-order chi connectivity index (χ0) is 19.2. The van der Waals surface area contributed by atoms with Crippen LogP contribution in [0.3, 0.4) is 0 Å². The van der Waals surface area contributed by atoms with Crippen LogP contribution in [0.2, 0.25) is 0 Å². The molecule has 1 heterocycles. The van der Waals surface area contributed by atoms with Gasteiger partial charge in [0.1, 0.15) is 10.9 Å². The number of thiocarbonyl (C=S) groups is 1. The van der Waals surface area contributed by atoms with Crippen molar-refractivity contribution in [3.05, 3.63) is 41.3 Å². The largest absolute Gasteiger partial charge is 0.490 e. The van der Waals surface area contributed by atoms with Crippen molar-refractivity contribution in [2.75, 3.05) is 13.2 Å². The summed E-state index contributed by atoms with van der Waals surface area (Å²) in [7, 11) is 0. The van der Waals surface area contributed by atoms with Crippen LogP contribution in [0.25, 0.3) is 6.08 Å². The SMILES string of the molecule is C=CCOc1ccc(/C=C2\SC(=S)N(C3CCCCC3)C2=O)cc1OCC. The van der Waals surface area contributed by atoms with E-state index in [1.807, 2.05) is 36.1 Å². The third-order valence-electron chi connectivity index (χ3n) is 4.69. The van der Waals surface area contributed by atoms with Gasteiger partial charge < -0.3 is 9.47 Å². The van der Waals surface area contributed by atoms with Crippen LogP contribution in [0.4, 0.5) is 0 Å². The molecule has 4 nitrogen and oxygen atoms in total. The highest BCUT2D eigenvalue weighted by Crippen LogP contribution is 2.38. The van der Waals surface area contributed by atoms with Gasteiger partial charge in [-0.15, -0.1) is 0 Å². The molecule has 0 aromatic heterocycles. The van der Waals surface area contributed by atoms with E-state index in [1.54, 1.807) is 6.08 Å². The highest BCUT2D eigenvalue weighted by molar-refractivity contribution is 8.26. The van der Waals surface area contributed by atoms with Gasteiger partial charge in [-0.2, -0.15) is 0 Å². The minimum atomic E-state index is 0.0295. The summed E-state index contributed by atoms with van der Waals surface area (Å²) in [6.45, 7) is 6.55. The lowest BCUT2D eigenvalue weighted by molar-refractivity contribution is -0.124. The molecule has 1 saturated heterocycles. The number of rotatable bonds is 7. The predicted octanol–water partition coefficient (Wildman–Crippen LogP) is 5.18. The maximum atomic E-state index is 12.9. The normalized spacial score (nSPS) is 19.6. The van der Waals surface area contributed by atoms with E-state index in [-0.39, 0.29) is 11.9 Å². The number of nitrogens with zero attached hydrogens (tertiary/aromatic N) is 1. The molecule has 1 amide bonds. The minimum absolute atomic E-state index is 0.0295. The Bertz CT molecular complexity index is 754. The van der Waals surface area contributed by atoms with Gasteiger partial charge in [0, 0.05) is 6.04 Å². The Morgan fingerprint density at radius 3 is 2.74 bits per heavy atom. The Labute approximate surface area is 170 Å². The summed E-state index contributed by atoms with van der Waals surface area (Å²) in [5, 5.41) is 0. The molecule has 1 aliphatic heterocycles. The third kappa shape index (κ3) is 4.74. The van der Waals surface area contributed by atoms with E-state index in [4.69, 9.17) is 21.7 Å². The zero-order valence-electron chi connectivity index (χ0n) is 15.6. The quantitative estimate of drug-likeness (QED) is 0.356. The number of hydrogen-bond acceptors (Lipinski definition) is 5. The summed E-state index contributed by atoms with van der Waals surface area (Å²) < 4.78 is 12.0. The Balaban J connectivity index is 1.81. The van der Waals surface area contributed by atoms with Crippen molar-refractivity contribution in [3.8, 4) is 11.5 Å². The molecule has 0 unspecified atom stereocenters. The number of amides is 1. The molecular weight excluding hydrogens is 378 g/mol. The highest BCUT2D eigenvalue weighted by Gasteiger charge is 2.37. The van der Waals surface area contributed by atoms with Gasteiger partial charge in [0.2, 0.25) is 0 Å². The van der Waals surface area contributed by atoms with Gasteiger partial charge in [-0.1, -0.05) is 62.0 Å². The van der Waals surface area contributed by atoms with Gasteiger partial charge in [-0.25, -0.2) is 0 Å². The molecule has 1 aromatic carbocycles. The van der Waals surface area contributed by atoms with Crippen LogP contribution in [-0.2, 0) is 4.79 Å². The lowest BCUT2D eigenvalue weighted by Gasteiger charge is -2.29. The Kier molecular flexibility index (Phi) is 6.96. The second kappa shape index (κ2) is 9.42. The first-order chi connectivity index (χ1) is 13.1. The smallest absolute Gasteiger partial charge is 0.266 e. The third-order valence-corrected chi connectivity index (χ3v) is 6.02. The van der Waals surface area contributed by atoms with Crippen LogP contribution in [0.1, 0.15) is 44.6 Å². The molecule has 0 N–H and O–H groups in total. The van der Waals surface area contributed by atoms with Gasteiger partial charge >= 0.3 is 0 Å². The monoisotopic (exact) mass is 403 g/mol. The van der Waals surface area contributed by atoms with E-state index in [1.165, 1.54) is 31.0 Å². The molecule has 0 spiro atoms. The predicted molar refractivity (Wildman–Crippen MR) is 115 cm³/mol. The fraction of sp³-hybridized carbons (Fsp3) is 0.429. The zero-order valence-corrected chi connectivity index (χ0v) is 17.2. The first kappa shape index (κ1) is 20.0. The number of carbonyl (C=O) groups excluding carboxylic acids is 1. The second-order valence-corrected chi connectivity index (χ2v) is 8.26. The van der Waals surface area contributed by atoms with Crippen molar-refractivity contribution >= 4 is 40.3 Å². The van der Waals surface area contributed by atoms with Crippen molar-refractivity contribution < 1.29 is 14.3 Å². The Hall–Kier alpha value is -1.79. The summed E-state index contributed by atoms with van der Waals surface area (Å²) in [5.74, 6) is 1.36. The van der Waals surface area contributed by atoms with Crippen LogP contribution in [0.15, 0.2) is 35.8 Å². The average Bonchev–Trinajstić information content (AvgIpc) is 2.95. The van der Waals surface area contributed by atoms with Gasteiger partial charge in [-0.05, 0) is 43.5 Å². The molecule has 1 aromatic rings. The van der Waals surface area contributed by atoms with Crippen molar-refractivity contribution in [2.45, 2.75) is 45.1 Å². The summed E-state index contributed by atoms with van der Waals surface area (Å²) >= 11 is 6.89. The standard InChI is InChI=1S/C21H25NO3S2/c1-3-12-25-17-11-10-15(13-18(17)24-4-2)14-19-20(23)22(21(26)27-19)16-8-6-5-7-9-16/h3,10-11,13-14,16H,1,4-9,12H2,2H3/b19-14-. The molecular formula is C21H25NO3S2. The van der Waals surface area contributed by atoms with E-state index < -0.39 is 0 Å². The summed E-state index contributed by atoms with van der Waals surface area (Å²) in [4.78, 5) is 15.4. The molecule has 6 heteroatoms. The number of hydrogen-bond donors (Lipinski definition) is 0. The maximum absolute atomic E-state index is 12.9. The molecule has 0 radical (unpaired) electrons. The highest BCUT2D eigenvalue weighted by atomic mass is 32.2. The molecule has 2 aliphatic rings. The number of ether oxygens (including phenoxy) is 2. The fourth-order valence-electron chi connectivity index (χ4n) is 3.44. The van der Waals surface area contributed by atoms with Crippen LogP contribution >= 0.6 is 24.0 Å². The fourth-order valence-corrected chi connectivity index (χ4v) is 4.84. The summed E-state index contributed by atoms with van der Waals surface area (Å²) in [6, 6.07) is 5.94. The second-order valence-electron chi connectivity index (χ2n) is 6.58. The molecule has 1 saturated carbocycles. The average molecular weight is 404 g/mol. The topological polar surface area (TPSA) is 38.8 Å². The molecule has 2 fully saturated rings.